The average molecular weight is 499 g/mol. The molecule has 0 bridgehead atoms. The second-order valence-corrected chi connectivity index (χ2v) is 9.29. The van der Waals surface area contributed by atoms with E-state index in [4.69, 9.17) is 0 Å². The summed E-state index contributed by atoms with van der Waals surface area (Å²) in [5, 5.41) is 12.3. The number of hydrogen-bond acceptors (Lipinski definition) is 4. The van der Waals surface area contributed by atoms with Crippen LogP contribution in [0.3, 0.4) is 0 Å². The molecule has 2 N–H and O–H groups in total. The minimum atomic E-state index is -1.09. The van der Waals surface area contributed by atoms with Crippen LogP contribution in [0.1, 0.15) is 39.9 Å². The molecule has 190 valence electrons. The van der Waals surface area contributed by atoms with Gasteiger partial charge in [0.1, 0.15) is 6.54 Å². The number of benzene rings is 3. The Balaban J connectivity index is 1.43. The smallest absolute Gasteiger partial charge is 0.323 e. The maximum atomic E-state index is 13.3. The van der Waals surface area contributed by atoms with Crippen LogP contribution in [0.15, 0.2) is 84.9 Å². The maximum absolute atomic E-state index is 13.3. The van der Waals surface area contributed by atoms with Crippen molar-refractivity contribution in [2.75, 3.05) is 6.54 Å². The van der Waals surface area contributed by atoms with Gasteiger partial charge in [-0.05, 0) is 48.1 Å². The third-order valence-electron chi connectivity index (χ3n) is 6.69. The van der Waals surface area contributed by atoms with Crippen molar-refractivity contribution in [1.82, 2.24) is 10.2 Å². The number of carbonyl (C=O) groups excluding carboxylic acids is 3. The molecule has 7 heteroatoms. The van der Waals surface area contributed by atoms with Gasteiger partial charge >= 0.3 is 5.97 Å². The Morgan fingerprint density at radius 3 is 1.97 bits per heavy atom. The fraction of sp³-hybridized carbons (Fsp3) is 0.267. The number of fused-ring (bicyclic) bond motifs is 1. The normalized spacial score (nSPS) is 13.4. The van der Waals surface area contributed by atoms with Gasteiger partial charge in [0, 0.05) is 24.4 Å². The summed E-state index contributed by atoms with van der Waals surface area (Å²) in [5.41, 5.74) is 3.55. The number of ketones is 1. The second-order valence-electron chi connectivity index (χ2n) is 9.29. The van der Waals surface area contributed by atoms with Crippen LogP contribution >= 0.6 is 0 Å². The number of carbonyl (C=O) groups is 4. The summed E-state index contributed by atoms with van der Waals surface area (Å²) in [7, 11) is 0. The summed E-state index contributed by atoms with van der Waals surface area (Å²) >= 11 is 0. The Kier molecular flexibility index (Phi) is 8.46. The number of carboxylic acid groups (broad SMARTS) is 1. The lowest BCUT2D eigenvalue weighted by Gasteiger charge is -2.27. The highest BCUT2D eigenvalue weighted by molar-refractivity contribution is 5.98. The molecule has 1 atom stereocenters. The molecule has 0 spiro atoms. The number of carboxylic acids is 1. The van der Waals surface area contributed by atoms with Gasteiger partial charge in [-0.25, -0.2) is 0 Å². The first-order valence-corrected chi connectivity index (χ1v) is 12.4. The van der Waals surface area contributed by atoms with E-state index in [1.54, 1.807) is 30.3 Å². The Labute approximate surface area is 216 Å². The Hall–Kier alpha value is -4.26. The lowest BCUT2D eigenvalue weighted by molar-refractivity contribution is -0.146. The predicted molar refractivity (Wildman–Crippen MR) is 139 cm³/mol. The van der Waals surface area contributed by atoms with Crippen molar-refractivity contribution in [3.8, 4) is 0 Å². The Bertz CT molecular complexity index is 1230. The summed E-state index contributed by atoms with van der Waals surface area (Å²) in [5.74, 6) is -2.10. The molecular weight excluding hydrogens is 468 g/mol. The SMILES string of the molecule is O=C(O)CN(C(=O)CCC(=O)C(Cc1ccccc1)NC(=O)c1ccccc1)C1Cc2ccccc2C1. The molecule has 7 nitrogen and oxygen atoms in total. The molecule has 1 aliphatic rings. The fourth-order valence-corrected chi connectivity index (χ4v) is 4.80. The minimum Gasteiger partial charge on any atom is -0.480 e. The van der Waals surface area contributed by atoms with E-state index in [9.17, 15) is 24.3 Å². The summed E-state index contributed by atoms with van der Waals surface area (Å²) in [4.78, 5) is 52.1. The van der Waals surface area contributed by atoms with Crippen LogP contribution in [0.25, 0.3) is 0 Å². The quantitative estimate of drug-likeness (QED) is 0.421. The van der Waals surface area contributed by atoms with Crippen molar-refractivity contribution in [2.45, 2.75) is 44.2 Å². The Morgan fingerprint density at radius 1 is 0.811 bits per heavy atom. The molecule has 2 amide bonds. The van der Waals surface area contributed by atoms with Crippen molar-refractivity contribution < 1.29 is 24.3 Å². The molecule has 3 aromatic rings. The van der Waals surface area contributed by atoms with Gasteiger partial charge in [-0.1, -0.05) is 72.8 Å². The number of nitrogens with zero attached hydrogens (tertiary/aromatic N) is 1. The van der Waals surface area contributed by atoms with E-state index in [-0.39, 0.29) is 36.5 Å². The van der Waals surface area contributed by atoms with E-state index in [0.717, 1.165) is 16.7 Å². The van der Waals surface area contributed by atoms with Gasteiger partial charge in [-0.15, -0.1) is 0 Å². The molecule has 1 aliphatic carbocycles. The van der Waals surface area contributed by atoms with Crippen molar-refractivity contribution in [1.29, 1.82) is 0 Å². The molecule has 37 heavy (non-hydrogen) atoms. The fourth-order valence-electron chi connectivity index (χ4n) is 4.80. The van der Waals surface area contributed by atoms with Gasteiger partial charge in [-0.2, -0.15) is 0 Å². The van der Waals surface area contributed by atoms with E-state index >= 15 is 0 Å². The molecule has 4 rings (SSSR count). The first kappa shape index (κ1) is 25.8. The van der Waals surface area contributed by atoms with Gasteiger partial charge in [0.2, 0.25) is 5.91 Å². The predicted octanol–water partition coefficient (Wildman–Crippen LogP) is 3.46. The third-order valence-corrected chi connectivity index (χ3v) is 6.69. The zero-order valence-corrected chi connectivity index (χ0v) is 20.5. The van der Waals surface area contributed by atoms with Crippen molar-refractivity contribution in [3.05, 3.63) is 107 Å². The molecule has 0 saturated heterocycles. The van der Waals surface area contributed by atoms with E-state index in [0.29, 0.717) is 24.8 Å². The molecule has 0 aliphatic heterocycles. The molecule has 3 aromatic carbocycles. The summed E-state index contributed by atoms with van der Waals surface area (Å²) in [6, 6.07) is 24.8. The van der Waals surface area contributed by atoms with Crippen LogP contribution in [-0.2, 0) is 33.6 Å². The van der Waals surface area contributed by atoms with Gasteiger partial charge in [0.25, 0.3) is 5.91 Å². The molecule has 0 heterocycles. The van der Waals surface area contributed by atoms with E-state index in [1.165, 1.54) is 4.90 Å². The molecule has 0 saturated carbocycles. The van der Waals surface area contributed by atoms with E-state index < -0.39 is 18.6 Å². The summed E-state index contributed by atoms with van der Waals surface area (Å²) < 4.78 is 0. The molecule has 0 aromatic heterocycles. The topological polar surface area (TPSA) is 104 Å². The summed E-state index contributed by atoms with van der Waals surface area (Å²) in [6.07, 6.45) is 1.26. The zero-order chi connectivity index (χ0) is 26.2. The van der Waals surface area contributed by atoms with Crippen molar-refractivity contribution in [3.63, 3.8) is 0 Å². The first-order valence-electron chi connectivity index (χ1n) is 12.4. The van der Waals surface area contributed by atoms with Gasteiger partial charge in [0.05, 0.1) is 6.04 Å². The van der Waals surface area contributed by atoms with Crippen LogP contribution < -0.4 is 5.32 Å². The molecule has 0 fully saturated rings. The van der Waals surface area contributed by atoms with Crippen LogP contribution in [0.4, 0.5) is 0 Å². The number of nitrogens with one attached hydrogen (secondary N) is 1. The maximum Gasteiger partial charge on any atom is 0.323 e. The van der Waals surface area contributed by atoms with Crippen molar-refractivity contribution >= 4 is 23.6 Å². The minimum absolute atomic E-state index is 0.0960. The lowest BCUT2D eigenvalue weighted by atomic mass is 9.98. The molecule has 1 unspecified atom stereocenters. The van der Waals surface area contributed by atoms with Crippen LogP contribution in [0.2, 0.25) is 0 Å². The first-order chi connectivity index (χ1) is 17.9. The highest BCUT2D eigenvalue weighted by Crippen LogP contribution is 2.26. The van der Waals surface area contributed by atoms with Gasteiger partial charge < -0.3 is 15.3 Å². The number of Topliss-reactive ketones (excluding diaryl/α,β-unsaturated/α-hetero) is 1. The standard InChI is InChI=1S/C30H30N2O5/c33-27(26(17-21-9-3-1-4-10-21)31-30(37)22-11-5-2-6-12-22)15-16-28(34)32(20-29(35)36)25-18-23-13-7-8-14-24(23)19-25/h1-14,25-26H,15-20H2,(H,31,37)(H,35,36). The van der Waals surface area contributed by atoms with Crippen LogP contribution in [-0.4, -0.2) is 52.2 Å². The molecular formula is C30H30N2O5. The average Bonchev–Trinajstić information content (AvgIpc) is 3.35. The van der Waals surface area contributed by atoms with Crippen LogP contribution in [0.5, 0.6) is 0 Å². The highest BCUT2D eigenvalue weighted by Gasteiger charge is 2.32. The number of hydrogen-bond donors (Lipinski definition) is 2. The highest BCUT2D eigenvalue weighted by atomic mass is 16.4. The van der Waals surface area contributed by atoms with Crippen molar-refractivity contribution in [2.24, 2.45) is 0 Å². The van der Waals surface area contributed by atoms with Gasteiger partial charge in [-0.3, -0.25) is 19.2 Å². The summed E-state index contributed by atoms with van der Waals surface area (Å²) in [6.45, 7) is -0.413. The second kappa shape index (κ2) is 12.1. The van der Waals surface area contributed by atoms with E-state index in [2.05, 4.69) is 5.32 Å². The number of rotatable bonds is 11. The van der Waals surface area contributed by atoms with Crippen LogP contribution in [0, 0.1) is 0 Å². The number of aliphatic carboxylic acids is 1. The lowest BCUT2D eigenvalue weighted by Crippen LogP contribution is -2.45. The Morgan fingerprint density at radius 2 is 1.38 bits per heavy atom. The van der Waals surface area contributed by atoms with E-state index in [1.807, 2.05) is 54.6 Å². The zero-order valence-electron chi connectivity index (χ0n) is 20.5. The monoisotopic (exact) mass is 498 g/mol. The largest absolute Gasteiger partial charge is 0.480 e. The van der Waals surface area contributed by atoms with Gasteiger partial charge in [0.15, 0.2) is 5.78 Å². The third kappa shape index (κ3) is 6.91. The number of amides is 2. The molecule has 0 radical (unpaired) electrons.